The van der Waals surface area contributed by atoms with E-state index in [1.165, 1.54) is 6.20 Å². The Labute approximate surface area is 120 Å². The number of aromatic nitrogens is 2. The molecule has 20 heavy (non-hydrogen) atoms. The number of aryl methyl sites for hydroxylation is 1. The Bertz CT molecular complexity index is 588. The molecule has 0 bridgehead atoms. The molecule has 0 radical (unpaired) electrons. The minimum absolute atomic E-state index is 0.0478. The van der Waals surface area contributed by atoms with Crippen molar-refractivity contribution in [3.8, 4) is 0 Å². The van der Waals surface area contributed by atoms with Crippen LogP contribution in [0.1, 0.15) is 32.0 Å². The van der Waals surface area contributed by atoms with Gasteiger partial charge in [0.15, 0.2) is 5.03 Å². The lowest BCUT2D eigenvalue weighted by Crippen LogP contribution is -2.43. The number of fused-ring (bicyclic) bond motifs is 1. The molecule has 3 rings (SSSR count). The Morgan fingerprint density at radius 2 is 2.20 bits per heavy atom. The van der Waals surface area contributed by atoms with Gasteiger partial charge in [-0.2, -0.15) is 0 Å². The van der Waals surface area contributed by atoms with Gasteiger partial charge in [-0.1, -0.05) is 6.92 Å². The molecule has 2 N–H and O–H groups in total. The van der Waals surface area contributed by atoms with Gasteiger partial charge < -0.3 is 9.88 Å². The van der Waals surface area contributed by atoms with Crippen LogP contribution in [0.25, 0.3) is 0 Å². The van der Waals surface area contributed by atoms with Crippen LogP contribution < -0.4 is 10.0 Å². The highest BCUT2D eigenvalue weighted by Crippen LogP contribution is 2.27. The van der Waals surface area contributed by atoms with Gasteiger partial charge in [-0.25, -0.2) is 18.1 Å². The molecule has 1 fully saturated rings. The van der Waals surface area contributed by atoms with Crippen molar-refractivity contribution >= 4 is 10.0 Å². The Morgan fingerprint density at radius 1 is 1.45 bits per heavy atom. The second-order valence-corrected chi connectivity index (χ2v) is 7.87. The Balaban J connectivity index is 1.72. The average Bonchev–Trinajstić information content (AvgIpc) is 3.00. The first-order valence-electron chi connectivity index (χ1n) is 7.25. The van der Waals surface area contributed by atoms with Gasteiger partial charge in [-0.3, -0.25) is 0 Å². The van der Waals surface area contributed by atoms with Gasteiger partial charge in [0, 0.05) is 19.5 Å². The van der Waals surface area contributed by atoms with Crippen LogP contribution in [-0.4, -0.2) is 37.6 Å². The van der Waals surface area contributed by atoms with Crippen LogP contribution >= 0.6 is 0 Å². The fraction of sp³-hybridized carbons (Fsp3) is 0.769. The van der Waals surface area contributed by atoms with Gasteiger partial charge in [0.2, 0.25) is 0 Å². The van der Waals surface area contributed by atoms with Gasteiger partial charge in [-0.05, 0) is 37.8 Å². The molecular formula is C13H22N4O2S. The van der Waals surface area contributed by atoms with E-state index in [1.54, 1.807) is 0 Å². The lowest BCUT2D eigenvalue weighted by atomic mass is 9.81. The number of imidazole rings is 1. The molecule has 1 aromatic rings. The third-order valence-electron chi connectivity index (χ3n) is 4.46. The summed E-state index contributed by atoms with van der Waals surface area (Å²) >= 11 is 0. The molecule has 1 aromatic heterocycles. The number of piperidine rings is 1. The fourth-order valence-corrected chi connectivity index (χ4v) is 4.36. The molecule has 2 aliphatic heterocycles. The first-order valence-corrected chi connectivity index (χ1v) is 8.73. The van der Waals surface area contributed by atoms with E-state index in [4.69, 9.17) is 0 Å². The molecule has 6 nitrogen and oxygen atoms in total. The van der Waals surface area contributed by atoms with Crippen LogP contribution in [0, 0.1) is 5.41 Å². The van der Waals surface area contributed by atoms with Crippen LogP contribution in [-0.2, 0) is 23.0 Å². The van der Waals surface area contributed by atoms with Crippen LogP contribution in [0.3, 0.4) is 0 Å². The van der Waals surface area contributed by atoms with E-state index in [0.717, 1.165) is 51.1 Å². The van der Waals surface area contributed by atoms with Gasteiger partial charge >= 0.3 is 0 Å². The summed E-state index contributed by atoms with van der Waals surface area (Å²) in [6.45, 7) is 5.32. The summed E-state index contributed by atoms with van der Waals surface area (Å²) in [6.07, 6.45) is 5.34. The van der Waals surface area contributed by atoms with E-state index in [0.29, 0.717) is 11.6 Å². The Kier molecular flexibility index (Phi) is 3.60. The number of rotatable bonds is 4. The average molecular weight is 298 g/mol. The Hall–Kier alpha value is -0.920. The number of nitrogens with one attached hydrogen (secondary N) is 2. The molecule has 0 atom stereocenters. The van der Waals surface area contributed by atoms with Crippen LogP contribution in [0.15, 0.2) is 11.2 Å². The molecule has 7 heteroatoms. The van der Waals surface area contributed by atoms with Crippen molar-refractivity contribution in [3.05, 3.63) is 12.0 Å². The topological polar surface area (TPSA) is 76.0 Å². The third kappa shape index (κ3) is 2.62. The summed E-state index contributed by atoms with van der Waals surface area (Å²) in [7, 11) is -3.45. The lowest BCUT2D eigenvalue weighted by molar-refractivity contribution is 0.232. The fourth-order valence-electron chi connectivity index (χ4n) is 3.00. The quantitative estimate of drug-likeness (QED) is 0.848. The number of hydrogen-bond acceptors (Lipinski definition) is 4. The van der Waals surface area contributed by atoms with Gasteiger partial charge in [0.05, 0.1) is 6.20 Å². The standard InChI is InChI=1S/C13H22N4O2S/c1-13(4-6-14-7-5-13)10-16-20(18,19)12-9-15-11-3-2-8-17(11)12/h9,14,16H,2-8,10H2,1H3. The number of hydrogen-bond donors (Lipinski definition) is 2. The summed E-state index contributed by atoms with van der Waals surface area (Å²) in [5.74, 6) is 0.887. The minimum Gasteiger partial charge on any atom is -0.318 e. The van der Waals surface area contributed by atoms with Gasteiger partial charge in [0.25, 0.3) is 10.0 Å². The minimum atomic E-state index is -3.45. The molecule has 0 saturated carbocycles. The first kappa shape index (κ1) is 14.0. The molecule has 3 heterocycles. The monoisotopic (exact) mass is 298 g/mol. The summed E-state index contributed by atoms with van der Waals surface area (Å²) in [6, 6.07) is 0. The molecule has 0 amide bonds. The van der Waals surface area contributed by atoms with Crippen molar-refractivity contribution in [2.24, 2.45) is 5.41 Å². The zero-order valence-electron chi connectivity index (χ0n) is 11.9. The molecule has 2 aliphatic rings. The van der Waals surface area contributed by atoms with Crippen LogP contribution in [0.2, 0.25) is 0 Å². The van der Waals surface area contributed by atoms with Crippen molar-refractivity contribution < 1.29 is 8.42 Å². The molecule has 0 aliphatic carbocycles. The predicted octanol–water partition coefficient (Wildman–Crippen LogP) is 0.497. The zero-order chi connectivity index (χ0) is 14.2. The van der Waals surface area contributed by atoms with E-state index in [1.807, 2.05) is 4.57 Å². The molecule has 0 aromatic carbocycles. The van der Waals surface area contributed by atoms with Crippen molar-refractivity contribution in [3.63, 3.8) is 0 Å². The zero-order valence-corrected chi connectivity index (χ0v) is 12.7. The second kappa shape index (κ2) is 5.13. The third-order valence-corrected chi connectivity index (χ3v) is 5.86. The molecule has 112 valence electrons. The van der Waals surface area contributed by atoms with E-state index < -0.39 is 10.0 Å². The van der Waals surface area contributed by atoms with E-state index in [2.05, 4.69) is 21.9 Å². The lowest BCUT2D eigenvalue weighted by Gasteiger charge is -2.34. The van der Waals surface area contributed by atoms with Gasteiger partial charge in [-0.15, -0.1) is 0 Å². The summed E-state index contributed by atoms with van der Waals surface area (Å²) in [4.78, 5) is 4.21. The van der Waals surface area contributed by atoms with Crippen molar-refractivity contribution in [1.82, 2.24) is 19.6 Å². The summed E-state index contributed by atoms with van der Waals surface area (Å²) < 4.78 is 29.5. The number of nitrogens with zero attached hydrogens (tertiary/aromatic N) is 2. The predicted molar refractivity (Wildman–Crippen MR) is 75.9 cm³/mol. The van der Waals surface area contributed by atoms with Gasteiger partial charge in [0.1, 0.15) is 5.82 Å². The molecule has 0 unspecified atom stereocenters. The van der Waals surface area contributed by atoms with Crippen LogP contribution in [0.5, 0.6) is 0 Å². The highest BCUT2D eigenvalue weighted by Gasteiger charge is 2.30. The summed E-state index contributed by atoms with van der Waals surface area (Å²) in [5, 5.41) is 3.63. The Morgan fingerprint density at radius 3 is 2.95 bits per heavy atom. The first-order chi connectivity index (χ1) is 9.50. The van der Waals surface area contributed by atoms with Crippen molar-refractivity contribution in [2.45, 2.75) is 44.2 Å². The SMILES string of the molecule is CC1(CNS(=O)(=O)c2cnc3n2CCC3)CCNCC1. The highest BCUT2D eigenvalue weighted by atomic mass is 32.2. The molecular weight excluding hydrogens is 276 g/mol. The maximum absolute atomic E-state index is 12.5. The van der Waals surface area contributed by atoms with Crippen molar-refractivity contribution in [1.29, 1.82) is 0 Å². The maximum atomic E-state index is 12.5. The summed E-state index contributed by atoms with van der Waals surface area (Å²) in [5.41, 5.74) is 0.0478. The normalized spacial score (nSPS) is 21.9. The van der Waals surface area contributed by atoms with E-state index in [9.17, 15) is 8.42 Å². The largest absolute Gasteiger partial charge is 0.318 e. The van der Waals surface area contributed by atoms with Crippen molar-refractivity contribution in [2.75, 3.05) is 19.6 Å². The van der Waals surface area contributed by atoms with E-state index in [-0.39, 0.29) is 5.41 Å². The van der Waals surface area contributed by atoms with E-state index >= 15 is 0 Å². The number of sulfonamides is 1. The molecule has 0 spiro atoms. The van der Waals surface area contributed by atoms with Crippen LogP contribution in [0.4, 0.5) is 0 Å². The maximum Gasteiger partial charge on any atom is 0.257 e. The smallest absolute Gasteiger partial charge is 0.257 e. The molecule has 1 saturated heterocycles. The highest BCUT2D eigenvalue weighted by molar-refractivity contribution is 7.89. The second-order valence-electron chi connectivity index (χ2n) is 6.15.